The molecule has 1 aliphatic rings. The van der Waals surface area contributed by atoms with Crippen LogP contribution >= 0.6 is 11.3 Å². The SMILES string of the molecule is CC(c1nccs1)N1CCN(c2cccc(C(F)(F)F)n2)CC1. The van der Waals surface area contributed by atoms with Gasteiger partial charge < -0.3 is 4.90 Å². The fourth-order valence-electron chi connectivity index (χ4n) is 2.69. The molecule has 1 aliphatic heterocycles. The summed E-state index contributed by atoms with van der Waals surface area (Å²) in [5.41, 5.74) is -0.839. The predicted molar refractivity (Wildman–Crippen MR) is 83.6 cm³/mol. The Morgan fingerprint density at radius 3 is 2.52 bits per heavy atom. The Morgan fingerprint density at radius 1 is 1.17 bits per heavy atom. The van der Waals surface area contributed by atoms with Crippen molar-refractivity contribution in [3.8, 4) is 0 Å². The van der Waals surface area contributed by atoms with Gasteiger partial charge in [0.2, 0.25) is 0 Å². The predicted octanol–water partition coefficient (Wildman–Crippen LogP) is 3.44. The smallest absolute Gasteiger partial charge is 0.354 e. The van der Waals surface area contributed by atoms with Crippen LogP contribution in [0, 0.1) is 0 Å². The summed E-state index contributed by atoms with van der Waals surface area (Å²) in [5.74, 6) is 0.390. The van der Waals surface area contributed by atoms with E-state index in [0.29, 0.717) is 18.9 Å². The highest BCUT2D eigenvalue weighted by molar-refractivity contribution is 7.09. The van der Waals surface area contributed by atoms with Crippen LogP contribution in [-0.2, 0) is 6.18 Å². The van der Waals surface area contributed by atoms with Gasteiger partial charge in [-0.15, -0.1) is 11.3 Å². The lowest BCUT2D eigenvalue weighted by Gasteiger charge is -2.38. The van der Waals surface area contributed by atoms with Crippen molar-refractivity contribution in [3.05, 3.63) is 40.5 Å². The molecule has 124 valence electrons. The van der Waals surface area contributed by atoms with Gasteiger partial charge in [-0.1, -0.05) is 6.07 Å². The molecule has 0 aliphatic carbocycles. The Hall–Kier alpha value is -1.67. The monoisotopic (exact) mass is 342 g/mol. The molecule has 2 aromatic heterocycles. The molecular formula is C15H17F3N4S. The van der Waals surface area contributed by atoms with Crippen LogP contribution in [-0.4, -0.2) is 41.0 Å². The summed E-state index contributed by atoms with van der Waals surface area (Å²) in [6.45, 7) is 4.97. The highest BCUT2D eigenvalue weighted by Crippen LogP contribution is 2.29. The van der Waals surface area contributed by atoms with Crippen LogP contribution in [0.4, 0.5) is 19.0 Å². The maximum absolute atomic E-state index is 12.8. The van der Waals surface area contributed by atoms with Gasteiger partial charge in [0, 0.05) is 37.8 Å². The van der Waals surface area contributed by atoms with Crippen LogP contribution in [0.3, 0.4) is 0 Å². The highest BCUT2D eigenvalue weighted by atomic mass is 32.1. The van der Waals surface area contributed by atoms with Gasteiger partial charge in [-0.05, 0) is 19.1 Å². The van der Waals surface area contributed by atoms with Crippen LogP contribution in [0.2, 0.25) is 0 Å². The summed E-state index contributed by atoms with van der Waals surface area (Å²) < 4.78 is 38.3. The molecule has 1 saturated heterocycles. The summed E-state index contributed by atoms with van der Waals surface area (Å²) >= 11 is 1.62. The van der Waals surface area contributed by atoms with Crippen LogP contribution in [0.25, 0.3) is 0 Å². The second kappa shape index (κ2) is 6.45. The summed E-state index contributed by atoms with van der Waals surface area (Å²) in [4.78, 5) is 12.3. The number of hydrogen-bond acceptors (Lipinski definition) is 5. The second-order valence-electron chi connectivity index (χ2n) is 5.45. The Balaban J connectivity index is 1.65. The van der Waals surface area contributed by atoms with E-state index >= 15 is 0 Å². The molecule has 2 aromatic rings. The lowest BCUT2D eigenvalue weighted by Crippen LogP contribution is -2.47. The van der Waals surface area contributed by atoms with E-state index in [4.69, 9.17) is 0 Å². The summed E-state index contributed by atoms with van der Waals surface area (Å²) in [6.07, 6.45) is -2.61. The normalized spacial score (nSPS) is 18.2. The minimum Gasteiger partial charge on any atom is -0.354 e. The minimum atomic E-state index is -4.41. The van der Waals surface area contributed by atoms with Gasteiger partial charge >= 0.3 is 6.18 Å². The van der Waals surface area contributed by atoms with Gasteiger partial charge in [0.15, 0.2) is 0 Å². The summed E-state index contributed by atoms with van der Waals surface area (Å²) in [6, 6.07) is 4.28. The molecule has 4 nitrogen and oxygen atoms in total. The molecule has 8 heteroatoms. The first-order valence-corrected chi connectivity index (χ1v) is 8.26. The van der Waals surface area contributed by atoms with Crippen LogP contribution in [0.15, 0.2) is 29.8 Å². The van der Waals surface area contributed by atoms with Gasteiger partial charge in [-0.2, -0.15) is 13.2 Å². The third-order valence-corrected chi connectivity index (χ3v) is 4.97. The zero-order valence-corrected chi connectivity index (χ0v) is 13.4. The van der Waals surface area contributed by atoms with Gasteiger partial charge in [-0.3, -0.25) is 4.90 Å². The van der Waals surface area contributed by atoms with E-state index in [1.165, 1.54) is 6.07 Å². The molecule has 23 heavy (non-hydrogen) atoms. The second-order valence-corrected chi connectivity index (χ2v) is 6.37. The average molecular weight is 342 g/mol. The van der Waals surface area contributed by atoms with Crippen molar-refractivity contribution in [1.82, 2.24) is 14.9 Å². The Morgan fingerprint density at radius 2 is 1.91 bits per heavy atom. The number of alkyl halides is 3. The fraction of sp³-hybridized carbons (Fsp3) is 0.467. The number of halogens is 3. The molecule has 0 spiro atoms. The first-order chi connectivity index (χ1) is 10.9. The molecule has 0 amide bonds. The molecule has 0 saturated carbocycles. The van der Waals surface area contributed by atoms with Gasteiger partial charge in [0.25, 0.3) is 0 Å². The third kappa shape index (κ3) is 3.64. The number of thiazole rings is 1. The lowest BCUT2D eigenvalue weighted by molar-refractivity contribution is -0.141. The summed E-state index contributed by atoms with van der Waals surface area (Å²) in [7, 11) is 0. The van der Waals surface area contributed by atoms with Crippen LogP contribution in [0.5, 0.6) is 0 Å². The average Bonchev–Trinajstić information content (AvgIpc) is 3.08. The first-order valence-electron chi connectivity index (χ1n) is 7.38. The number of rotatable bonds is 3. The van der Waals surface area contributed by atoms with E-state index in [-0.39, 0.29) is 6.04 Å². The lowest BCUT2D eigenvalue weighted by atomic mass is 10.2. The Labute approximate surface area is 136 Å². The van der Waals surface area contributed by atoms with Crippen LogP contribution < -0.4 is 4.90 Å². The standard InChI is InChI=1S/C15H17F3N4S/c1-11(14-19-5-10-23-14)21-6-8-22(9-7-21)13-4-2-3-12(20-13)15(16,17)18/h2-5,10-11H,6-9H2,1H3. The van der Waals surface area contributed by atoms with E-state index < -0.39 is 11.9 Å². The minimum absolute atomic E-state index is 0.228. The number of aromatic nitrogens is 2. The maximum Gasteiger partial charge on any atom is 0.433 e. The molecule has 3 rings (SSSR count). The topological polar surface area (TPSA) is 32.3 Å². The van der Waals surface area contributed by atoms with E-state index in [2.05, 4.69) is 21.8 Å². The molecule has 0 N–H and O–H groups in total. The maximum atomic E-state index is 12.8. The van der Waals surface area contributed by atoms with Crippen molar-refractivity contribution in [2.24, 2.45) is 0 Å². The van der Waals surface area contributed by atoms with Crippen molar-refractivity contribution in [1.29, 1.82) is 0 Å². The number of pyridine rings is 1. The first kappa shape index (κ1) is 16.2. The van der Waals surface area contributed by atoms with E-state index in [9.17, 15) is 13.2 Å². The van der Waals surface area contributed by atoms with Crippen molar-refractivity contribution in [2.75, 3.05) is 31.1 Å². The van der Waals surface area contributed by atoms with Crippen molar-refractivity contribution >= 4 is 17.2 Å². The number of anilines is 1. The fourth-order valence-corrected chi connectivity index (χ4v) is 3.42. The zero-order valence-electron chi connectivity index (χ0n) is 12.6. The quantitative estimate of drug-likeness (QED) is 0.855. The third-order valence-electron chi connectivity index (χ3n) is 4.02. The summed E-state index contributed by atoms with van der Waals surface area (Å²) in [5, 5.41) is 3.02. The molecule has 1 atom stereocenters. The Kier molecular flexibility index (Phi) is 4.54. The van der Waals surface area contributed by atoms with Crippen molar-refractivity contribution in [3.63, 3.8) is 0 Å². The van der Waals surface area contributed by atoms with Gasteiger partial charge in [-0.25, -0.2) is 9.97 Å². The number of hydrogen-bond donors (Lipinski definition) is 0. The molecular weight excluding hydrogens is 325 g/mol. The van der Waals surface area contributed by atoms with E-state index in [1.54, 1.807) is 23.6 Å². The molecule has 1 unspecified atom stereocenters. The van der Waals surface area contributed by atoms with E-state index in [1.807, 2.05) is 10.3 Å². The molecule has 1 fully saturated rings. The highest BCUT2D eigenvalue weighted by Gasteiger charge is 2.33. The van der Waals surface area contributed by atoms with Gasteiger partial charge in [0.1, 0.15) is 16.5 Å². The molecule has 0 bridgehead atoms. The number of piperazine rings is 1. The molecule has 0 radical (unpaired) electrons. The number of nitrogens with zero attached hydrogens (tertiary/aromatic N) is 4. The zero-order chi connectivity index (χ0) is 16.4. The van der Waals surface area contributed by atoms with Crippen molar-refractivity contribution < 1.29 is 13.2 Å². The van der Waals surface area contributed by atoms with Crippen molar-refractivity contribution in [2.45, 2.75) is 19.1 Å². The molecule has 0 aromatic carbocycles. The molecule has 3 heterocycles. The largest absolute Gasteiger partial charge is 0.433 e. The van der Waals surface area contributed by atoms with Gasteiger partial charge in [0.05, 0.1) is 6.04 Å². The van der Waals surface area contributed by atoms with E-state index in [0.717, 1.165) is 24.2 Å². The van der Waals surface area contributed by atoms with Crippen LogP contribution in [0.1, 0.15) is 23.7 Å². The Bertz CT molecular complexity index is 636.